The second-order valence-electron chi connectivity index (χ2n) is 8.74. The fourth-order valence-electron chi connectivity index (χ4n) is 4.05. The zero-order valence-electron chi connectivity index (χ0n) is 21.3. The van der Waals surface area contributed by atoms with E-state index in [1.807, 2.05) is 42.5 Å². The quantitative estimate of drug-likeness (QED) is 0.165. The predicted octanol–water partition coefficient (Wildman–Crippen LogP) is 6.56. The summed E-state index contributed by atoms with van der Waals surface area (Å²) in [4.78, 5) is 15.8. The van der Waals surface area contributed by atoms with E-state index in [0.29, 0.717) is 45.0 Å². The van der Waals surface area contributed by atoms with Crippen LogP contribution < -0.4 is 25.1 Å². The number of nitrogens with zero attached hydrogens (tertiary/aromatic N) is 5. The van der Waals surface area contributed by atoms with Crippen LogP contribution in [0.25, 0.3) is 0 Å². The van der Waals surface area contributed by atoms with Gasteiger partial charge in [0.05, 0.1) is 13.3 Å². The minimum atomic E-state index is 0.210. The topological polar surface area (TPSA) is 96.8 Å². The van der Waals surface area contributed by atoms with E-state index < -0.39 is 0 Å². The van der Waals surface area contributed by atoms with Crippen LogP contribution in [-0.2, 0) is 6.61 Å². The number of halogens is 2. The van der Waals surface area contributed by atoms with Crippen molar-refractivity contribution in [1.29, 1.82) is 0 Å². The lowest BCUT2D eigenvalue weighted by atomic mass is 10.2. The maximum absolute atomic E-state index is 6.26. The number of hydrogen-bond donors (Lipinski definition) is 2. The highest BCUT2D eigenvalue weighted by molar-refractivity contribution is 6.35. The van der Waals surface area contributed by atoms with Crippen LogP contribution in [0.15, 0.2) is 71.8 Å². The number of para-hydroxylation sites is 1. The number of benzene rings is 3. The second kappa shape index (κ2) is 12.6. The fourth-order valence-corrected chi connectivity index (χ4v) is 4.55. The van der Waals surface area contributed by atoms with Gasteiger partial charge in [0.1, 0.15) is 6.61 Å². The van der Waals surface area contributed by atoms with Gasteiger partial charge in [0.2, 0.25) is 17.8 Å². The van der Waals surface area contributed by atoms with Crippen molar-refractivity contribution in [2.75, 3.05) is 35.8 Å². The van der Waals surface area contributed by atoms with E-state index >= 15 is 0 Å². The number of rotatable bonds is 10. The summed E-state index contributed by atoms with van der Waals surface area (Å²) in [6.45, 7) is 2.03. The van der Waals surface area contributed by atoms with E-state index in [0.717, 1.165) is 37.2 Å². The number of aromatic nitrogens is 3. The Bertz CT molecular complexity index is 1430. The third kappa shape index (κ3) is 6.87. The molecule has 1 aliphatic rings. The van der Waals surface area contributed by atoms with Gasteiger partial charge in [-0.3, -0.25) is 0 Å². The first-order valence-corrected chi connectivity index (χ1v) is 13.2. The van der Waals surface area contributed by atoms with Gasteiger partial charge in [-0.15, -0.1) is 0 Å². The zero-order chi connectivity index (χ0) is 27.0. The Morgan fingerprint density at radius 1 is 0.897 bits per heavy atom. The third-order valence-electron chi connectivity index (χ3n) is 6.04. The molecule has 1 fully saturated rings. The van der Waals surface area contributed by atoms with Crippen molar-refractivity contribution < 1.29 is 9.47 Å². The average molecular weight is 564 g/mol. The molecule has 0 saturated carbocycles. The van der Waals surface area contributed by atoms with Gasteiger partial charge in [0.15, 0.2) is 11.5 Å². The van der Waals surface area contributed by atoms with Crippen molar-refractivity contribution in [3.63, 3.8) is 0 Å². The minimum Gasteiger partial charge on any atom is -0.493 e. The van der Waals surface area contributed by atoms with Crippen molar-refractivity contribution in [2.24, 2.45) is 5.10 Å². The number of anilines is 4. The largest absolute Gasteiger partial charge is 0.493 e. The van der Waals surface area contributed by atoms with Crippen molar-refractivity contribution in [1.82, 2.24) is 15.0 Å². The Hall–Kier alpha value is -4.08. The van der Waals surface area contributed by atoms with E-state index in [4.69, 9.17) is 32.7 Å². The molecule has 1 aliphatic heterocycles. The summed E-state index contributed by atoms with van der Waals surface area (Å²) in [5.74, 6) is 2.50. The number of hydrogen-bond acceptors (Lipinski definition) is 9. The smallest absolute Gasteiger partial charge is 0.250 e. The van der Waals surface area contributed by atoms with E-state index in [2.05, 4.69) is 35.7 Å². The van der Waals surface area contributed by atoms with Gasteiger partial charge in [0, 0.05) is 34.4 Å². The Labute approximate surface area is 236 Å². The monoisotopic (exact) mass is 563 g/mol. The highest BCUT2D eigenvalue weighted by atomic mass is 35.5. The average Bonchev–Trinajstić information content (AvgIpc) is 3.49. The standard InChI is InChI=1S/C28H27Cl2N7O2/c1-38-25-16-19(12-13-24(25)39-18-21-22(29)10-7-11-23(21)30)17-31-36-27-33-26(32-20-8-3-2-4-9-20)34-28(35-27)37-14-5-6-15-37/h2-4,7-13,16-17H,5-6,14-15,18H2,1H3,(H2,32,33,34,35,36). The SMILES string of the molecule is COc1cc(C=NNc2nc(Nc3ccccc3)nc(N3CCCC3)n2)ccc1OCc1c(Cl)cccc1Cl. The van der Waals surface area contributed by atoms with Crippen LogP contribution in [0.3, 0.4) is 0 Å². The van der Waals surface area contributed by atoms with Gasteiger partial charge in [-0.2, -0.15) is 20.1 Å². The Balaban J connectivity index is 1.29. The molecule has 1 aromatic heterocycles. The number of methoxy groups -OCH3 is 1. The van der Waals surface area contributed by atoms with Crippen LogP contribution in [0.1, 0.15) is 24.0 Å². The minimum absolute atomic E-state index is 0.210. The summed E-state index contributed by atoms with van der Waals surface area (Å²) in [6.07, 6.45) is 3.88. The van der Waals surface area contributed by atoms with Crippen molar-refractivity contribution in [2.45, 2.75) is 19.4 Å². The van der Waals surface area contributed by atoms with Crippen LogP contribution >= 0.6 is 23.2 Å². The molecule has 0 radical (unpaired) electrons. The predicted molar refractivity (Wildman–Crippen MR) is 156 cm³/mol. The molecule has 11 heteroatoms. The zero-order valence-corrected chi connectivity index (χ0v) is 22.8. The Morgan fingerprint density at radius 2 is 1.64 bits per heavy atom. The van der Waals surface area contributed by atoms with Crippen LogP contribution in [0.2, 0.25) is 10.0 Å². The normalized spacial score (nSPS) is 13.1. The van der Waals surface area contributed by atoms with Crippen molar-refractivity contribution in [3.8, 4) is 11.5 Å². The van der Waals surface area contributed by atoms with Crippen LogP contribution in [0.4, 0.5) is 23.5 Å². The van der Waals surface area contributed by atoms with E-state index in [-0.39, 0.29) is 6.61 Å². The molecule has 0 unspecified atom stereocenters. The van der Waals surface area contributed by atoms with Crippen molar-refractivity contribution >= 4 is 52.9 Å². The first kappa shape index (κ1) is 26.5. The number of ether oxygens (including phenoxy) is 2. The molecule has 1 saturated heterocycles. The molecule has 9 nitrogen and oxygen atoms in total. The summed E-state index contributed by atoms with van der Waals surface area (Å²) in [7, 11) is 1.58. The van der Waals surface area contributed by atoms with Gasteiger partial charge in [0.25, 0.3) is 0 Å². The first-order valence-electron chi connectivity index (χ1n) is 12.4. The van der Waals surface area contributed by atoms with Gasteiger partial charge in [-0.25, -0.2) is 5.43 Å². The number of nitrogens with one attached hydrogen (secondary N) is 2. The Kier molecular flexibility index (Phi) is 8.60. The lowest BCUT2D eigenvalue weighted by Crippen LogP contribution is -2.21. The molecule has 5 rings (SSSR count). The maximum Gasteiger partial charge on any atom is 0.250 e. The van der Waals surface area contributed by atoms with E-state index in [1.54, 1.807) is 37.6 Å². The van der Waals surface area contributed by atoms with Crippen molar-refractivity contribution in [3.05, 3.63) is 87.9 Å². The lowest BCUT2D eigenvalue weighted by molar-refractivity contribution is 0.284. The molecule has 0 bridgehead atoms. The summed E-state index contributed by atoms with van der Waals surface area (Å²) < 4.78 is 11.5. The third-order valence-corrected chi connectivity index (χ3v) is 6.75. The fraction of sp³-hybridized carbons (Fsp3) is 0.214. The molecule has 0 spiro atoms. The van der Waals surface area contributed by atoms with Gasteiger partial charge in [-0.1, -0.05) is 47.5 Å². The number of hydrazone groups is 1. The van der Waals surface area contributed by atoms with Crippen LogP contribution in [-0.4, -0.2) is 41.4 Å². The molecule has 0 atom stereocenters. The molecule has 2 heterocycles. The summed E-state index contributed by atoms with van der Waals surface area (Å²) >= 11 is 12.5. The van der Waals surface area contributed by atoms with Gasteiger partial charge < -0.3 is 19.7 Å². The molecule has 200 valence electrons. The Morgan fingerprint density at radius 3 is 2.38 bits per heavy atom. The van der Waals surface area contributed by atoms with E-state index in [9.17, 15) is 0 Å². The molecule has 2 N–H and O–H groups in total. The summed E-state index contributed by atoms with van der Waals surface area (Å²) in [6, 6.07) is 20.6. The summed E-state index contributed by atoms with van der Waals surface area (Å²) in [5, 5.41) is 8.68. The summed E-state index contributed by atoms with van der Waals surface area (Å²) in [5.41, 5.74) is 5.32. The molecule has 39 heavy (non-hydrogen) atoms. The highest BCUT2D eigenvalue weighted by Crippen LogP contribution is 2.31. The second-order valence-corrected chi connectivity index (χ2v) is 9.55. The highest BCUT2D eigenvalue weighted by Gasteiger charge is 2.17. The van der Waals surface area contributed by atoms with E-state index in [1.165, 1.54) is 0 Å². The molecule has 3 aromatic carbocycles. The van der Waals surface area contributed by atoms with Gasteiger partial charge >= 0.3 is 0 Å². The van der Waals surface area contributed by atoms with Gasteiger partial charge in [-0.05, 0) is 60.9 Å². The molecular formula is C28H27Cl2N7O2. The molecule has 0 aliphatic carbocycles. The molecule has 4 aromatic rings. The molecule has 0 amide bonds. The lowest BCUT2D eigenvalue weighted by Gasteiger charge is -2.16. The maximum atomic E-state index is 6.26. The molecular weight excluding hydrogens is 537 g/mol. The van der Waals surface area contributed by atoms with Crippen LogP contribution in [0, 0.1) is 0 Å². The first-order chi connectivity index (χ1) is 19.1. The van der Waals surface area contributed by atoms with Crippen LogP contribution in [0.5, 0.6) is 11.5 Å².